The van der Waals surface area contributed by atoms with Crippen LogP contribution < -0.4 is 10.1 Å². The minimum Gasteiger partial charge on any atom is -0.497 e. The molecule has 0 spiro atoms. The van der Waals surface area contributed by atoms with Crippen LogP contribution in [0.1, 0.15) is 11.1 Å². The van der Waals surface area contributed by atoms with E-state index in [4.69, 9.17) is 4.74 Å². The minimum atomic E-state index is -0.286. The Morgan fingerprint density at radius 2 is 1.89 bits per heavy atom. The second-order valence-corrected chi connectivity index (χ2v) is 7.05. The quantitative estimate of drug-likeness (QED) is 0.512. The summed E-state index contributed by atoms with van der Waals surface area (Å²) in [5.41, 5.74) is 4.10. The largest absolute Gasteiger partial charge is 0.497 e. The van der Waals surface area contributed by atoms with Gasteiger partial charge in [-0.05, 0) is 30.7 Å². The fraction of sp³-hybridized carbons (Fsp3) is 0.0952. The maximum atomic E-state index is 12.2. The highest BCUT2D eigenvalue weighted by Crippen LogP contribution is 2.26. The number of methoxy groups -OCH3 is 1. The second kappa shape index (κ2) is 7.66. The Morgan fingerprint density at radius 1 is 1.14 bits per heavy atom. The number of hydrogen-bond acceptors (Lipinski definition) is 5. The Bertz CT molecular complexity index is 1140. The topological polar surface area (TPSA) is 68.5 Å². The van der Waals surface area contributed by atoms with Gasteiger partial charge in [0.1, 0.15) is 5.75 Å². The van der Waals surface area contributed by atoms with Crippen LogP contribution in [-0.2, 0) is 4.79 Å². The van der Waals surface area contributed by atoms with E-state index in [0.29, 0.717) is 0 Å². The summed E-state index contributed by atoms with van der Waals surface area (Å²) in [7, 11) is 1.62. The number of fused-ring (bicyclic) bond motifs is 1. The lowest BCUT2D eigenvalue weighted by molar-refractivity contribution is -0.111. The van der Waals surface area contributed by atoms with Crippen LogP contribution in [0.2, 0.25) is 0 Å². The van der Waals surface area contributed by atoms with E-state index >= 15 is 0 Å². The molecule has 1 N–H and O–H groups in total. The molecule has 0 bridgehead atoms. The highest BCUT2D eigenvalue weighted by Gasteiger charge is 2.12. The molecule has 0 fully saturated rings. The number of amides is 1. The average molecular weight is 390 g/mol. The number of ether oxygens (including phenoxy) is 1. The van der Waals surface area contributed by atoms with Crippen molar-refractivity contribution in [2.75, 3.05) is 12.4 Å². The zero-order chi connectivity index (χ0) is 19.5. The first kappa shape index (κ1) is 17.9. The molecular formula is C21H18N4O2S. The standard InChI is InChI=1S/C21H18N4O2S/c1-14-3-8-16(9-4-14)18-13-28-21-23-20(24-25(18)21)22-19(26)12-7-15-5-10-17(27-2)11-6-15/h3-13H,1-2H3,(H,22,24,26)/b12-7+. The number of aromatic nitrogens is 3. The predicted octanol–water partition coefficient (Wildman–Crippen LogP) is 4.43. The van der Waals surface area contributed by atoms with E-state index in [1.165, 1.54) is 23.0 Å². The third-order valence-electron chi connectivity index (χ3n) is 4.21. The Morgan fingerprint density at radius 3 is 2.61 bits per heavy atom. The van der Waals surface area contributed by atoms with Gasteiger partial charge in [-0.3, -0.25) is 10.1 Å². The first-order valence-corrected chi connectivity index (χ1v) is 9.55. The van der Waals surface area contributed by atoms with Gasteiger partial charge in [-0.2, -0.15) is 4.98 Å². The number of benzene rings is 2. The monoisotopic (exact) mass is 390 g/mol. The molecule has 0 saturated carbocycles. The second-order valence-electron chi connectivity index (χ2n) is 6.21. The Hall–Kier alpha value is -3.45. The van der Waals surface area contributed by atoms with Crippen LogP contribution in [0, 0.1) is 6.92 Å². The normalized spacial score (nSPS) is 11.2. The van der Waals surface area contributed by atoms with E-state index in [2.05, 4.69) is 34.5 Å². The van der Waals surface area contributed by atoms with Gasteiger partial charge in [0.2, 0.25) is 4.96 Å². The molecule has 2 aromatic heterocycles. The lowest BCUT2D eigenvalue weighted by Gasteiger charge is -2.00. The highest BCUT2D eigenvalue weighted by molar-refractivity contribution is 7.15. The number of aryl methyl sites for hydroxylation is 1. The number of hydrogen-bond donors (Lipinski definition) is 1. The van der Waals surface area contributed by atoms with Gasteiger partial charge in [-0.25, -0.2) is 4.52 Å². The van der Waals surface area contributed by atoms with Gasteiger partial charge in [0.05, 0.1) is 12.8 Å². The third kappa shape index (κ3) is 3.79. The van der Waals surface area contributed by atoms with Crippen LogP contribution in [0.3, 0.4) is 0 Å². The lowest BCUT2D eigenvalue weighted by atomic mass is 10.1. The maximum absolute atomic E-state index is 12.2. The summed E-state index contributed by atoms with van der Waals surface area (Å²) in [6.07, 6.45) is 3.18. The Balaban J connectivity index is 1.49. The van der Waals surface area contributed by atoms with Crippen LogP contribution in [0.5, 0.6) is 5.75 Å². The number of carbonyl (C=O) groups excluding carboxylic acids is 1. The Labute approximate surface area is 166 Å². The van der Waals surface area contributed by atoms with Gasteiger partial charge < -0.3 is 4.74 Å². The number of nitrogens with one attached hydrogen (secondary N) is 1. The maximum Gasteiger partial charge on any atom is 0.250 e. The van der Waals surface area contributed by atoms with Crippen molar-refractivity contribution in [3.8, 4) is 17.0 Å². The molecular weight excluding hydrogens is 372 g/mol. The summed E-state index contributed by atoms with van der Waals surface area (Å²) in [4.78, 5) is 17.3. The molecule has 28 heavy (non-hydrogen) atoms. The Kier molecular flexibility index (Phi) is 4.90. The van der Waals surface area contributed by atoms with Crippen molar-refractivity contribution >= 4 is 34.2 Å². The molecule has 7 heteroatoms. The van der Waals surface area contributed by atoms with Gasteiger partial charge in [0.25, 0.3) is 11.9 Å². The van der Waals surface area contributed by atoms with E-state index in [1.807, 2.05) is 41.8 Å². The molecule has 4 rings (SSSR count). The van der Waals surface area contributed by atoms with Crippen LogP contribution in [0.15, 0.2) is 60.0 Å². The summed E-state index contributed by atoms with van der Waals surface area (Å²) in [5.74, 6) is 0.767. The summed E-state index contributed by atoms with van der Waals surface area (Å²) >= 11 is 1.48. The molecule has 0 aliphatic heterocycles. The molecule has 0 aliphatic rings. The van der Waals surface area contributed by atoms with Crippen molar-refractivity contribution < 1.29 is 9.53 Å². The van der Waals surface area contributed by atoms with Gasteiger partial charge in [-0.1, -0.05) is 42.0 Å². The summed E-state index contributed by atoms with van der Waals surface area (Å²) in [5, 5.41) is 9.14. The van der Waals surface area contributed by atoms with Crippen molar-refractivity contribution in [1.82, 2.24) is 14.6 Å². The third-order valence-corrected chi connectivity index (χ3v) is 5.02. The van der Waals surface area contributed by atoms with Gasteiger partial charge in [0.15, 0.2) is 0 Å². The summed E-state index contributed by atoms with van der Waals surface area (Å²) < 4.78 is 6.87. The lowest BCUT2D eigenvalue weighted by Crippen LogP contribution is -2.09. The number of carbonyl (C=O) groups is 1. The molecule has 1 amide bonds. The van der Waals surface area contributed by atoms with E-state index < -0.39 is 0 Å². The summed E-state index contributed by atoms with van der Waals surface area (Å²) in [6, 6.07) is 15.7. The van der Waals surface area contributed by atoms with Gasteiger partial charge >= 0.3 is 0 Å². The van der Waals surface area contributed by atoms with Crippen molar-refractivity contribution in [3.63, 3.8) is 0 Å². The van der Waals surface area contributed by atoms with Gasteiger partial charge in [-0.15, -0.1) is 16.4 Å². The molecule has 0 saturated heterocycles. The van der Waals surface area contributed by atoms with Crippen molar-refractivity contribution in [2.45, 2.75) is 6.92 Å². The highest BCUT2D eigenvalue weighted by atomic mass is 32.1. The number of thiazole rings is 1. The van der Waals surface area contributed by atoms with Crippen molar-refractivity contribution in [3.05, 3.63) is 71.1 Å². The predicted molar refractivity (Wildman–Crippen MR) is 112 cm³/mol. The summed E-state index contributed by atoms with van der Waals surface area (Å²) in [6.45, 7) is 2.05. The fourth-order valence-electron chi connectivity index (χ4n) is 2.70. The molecule has 140 valence electrons. The molecule has 0 radical (unpaired) electrons. The fourth-order valence-corrected chi connectivity index (χ4v) is 3.53. The first-order chi connectivity index (χ1) is 13.6. The molecule has 2 aromatic carbocycles. The van der Waals surface area contributed by atoms with Crippen LogP contribution >= 0.6 is 11.3 Å². The number of anilines is 1. The smallest absolute Gasteiger partial charge is 0.250 e. The zero-order valence-electron chi connectivity index (χ0n) is 15.4. The van der Waals surface area contributed by atoms with Crippen molar-refractivity contribution in [1.29, 1.82) is 0 Å². The van der Waals surface area contributed by atoms with E-state index in [-0.39, 0.29) is 11.9 Å². The molecule has 0 atom stereocenters. The average Bonchev–Trinajstić information content (AvgIpc) is 3.28. The van der Waals surface area contributed by atoms with E-state index in [1.54, 1.807) is 17.7 Å². The number of rotatable bonds is 5. The van der Waals surface area contributed by atoms with Crippen LogP contribution in [-0.4, -0.2) is 27.6 Å². The molecule has 2 heterocycles. The SMILES string of the molecule is COc1ccc(/C=C/C(=O)Nc2nc3scc(-c4ccc(C)cc4)n3n2)cc1. The molecule has 0 unspecified atom stereocenters. The first-order valence-electron chi connectivity index (χ1n) is 8.67. The minimum absolute atomic E-state index is 0.282. The van der Waals surface area contributed by atoms with Crippen molar-refractivity contribution in [2.24, 2.45) is 0 Å². The molecule has 0 aliphatic carbocycles. The van der Waals surface area contributed by atoms with E-state index in [9.17, 15) is 4.79 Å². The zero-order valence-corrected chi connectivity index (χ0v) is 16.2. The molecule has 6 nitrogen and oxygen atoms in total. The molecule has 4 aromatic rings. The van der Waals surface area contributed by atoms with E-state index in [0.717, 1.165) is 27.5 Å². The van der Waals surface area contributed by atoms with Crippen LogP contribution in [0.25, 0.3) is 22.3 Å². The number of nitrogens with zero attached hydrogens (tertiary/aromatic N) is 3. The van der Waals surface area contributed by atoms with Crippen LogP contribution in [0.4, 0.5) is 5.95 Å². The van der Waals surface area contributed by atoms with Gasteiger partial charge in [0, 0.05) is 17.0 Å².